The minimum Gasteiger partial charge on any atom is -0.466 e. The van der Waals surface area contributed by atoms with Crippen molar-refractivity contribution in [3.05, 3.63) is 90.0 Å². The van der Waals surface area contributed by atoms with Crippen LogP contribution >= 0.6 is 0 Å². The molecule has 3 aromatic carbocycles. The third-order valence-corrected chi connectivity index (χ3v) is 7.45. The molecule has 38 heavy (non-hydrogen) atoms. The van der Waals surface area contributed by atoms with Gasteiger partial charge < -0.3 is 14.5 Å². The van der Waals surface area contributed by atoms with Crippen molar-refractivity contribution in [1.82, 2.24) is 0 Å². The SMILES string of the molecule is BC(c1ccc(-c2ccc(N(C)C)cc2)cc1)N(C(=O)C1CCCCC1)c1cccc(/C=C/C(=O)OC)c1. The summed E-state index contributed by atoms with van der Waals surface area (Å²) in [4.78, 5) is 29.6. The number of methoxy groups -OCH3 is 1. The summed E-state index contributed by atoms with van der Waals surface area (Å²) in [7, 11) is 7.53. The first-order valence-electron chi connectivity index (χ1n) is 13.4. The smallest absolute Gasteiger partial charge is 0.330 e. The highest BCUT2D eigenvalue weighted by Gasteiger charge is 2.30. The molecule has 0 bridgehead atoms. The van der Waals surface area contributed by atoms with Gasteiger partial charge in [-0.25, -0.2) is 4.79 Å². The molecule has 196 valence electrons. The highest BCUT2D eigenvalue weighted by molar-refractivity contribution is 6.18. The molecule has 1 saturated carbocycles. The van der Waals surface area contributed by atoms with E-state index in [1.165, 1.54) is 25.3 Å². The van der Waals surface area contributed by atoms with E-state index in [9.17, 15) is 9.59 Å². The highest BCUT2D eigenvalue weighted by atomic mass is 16.5. The summed E-state index contributed by atoms with van der Waals surface area (Å²) in [5.74, 6) is -0.339. The largest absolute Gasteiger partial charge is 0.466 e. The topological polar surface area (TPSA) is 49.9 Å². The lowest BCUT2D eigenvalue weighted by Crippen LogP contribution is -2.40. The van der Waals surface area contributed by atoms with Gasteiger partial charge in [0.05, 0.1) is 7.11 Å². The van der Waals surface area contributed by atoms with Crippen LogP contribution in [0.15, 0.2) is 78.9 Å². The maximum atomic E-state index is 13.9. The van der Waals surface area contributed by atoms with E-state index in [4.69, 9.17) is 4.74 Å². The Balaban J connectivity index is 1.63. The number of benzene rings is 3. The van der Waals surface area contributed by atoms with Gasteiger partial charge in [-0.05, 0) is 65.4 Å². The Morgan fingerprint density at radius 1 is 0.895 bits per heavy atom. The van der Waals surface area contributed by atoms with Crippen LogP contribution in [0.2, 0.25) is 0 Å². The third kappa shape index (κ3) is 6.55. The van der Waals surface area contributed by atoms with Crippen LogP contribution in [0, 0.1) is 5.92 Å². The molecule has 0 heterocycles. The molecule has 0 radical (unpaired) electrons. The number of rotatable bonds is 8. The fraction of sp³-hybridized carbons (Fsp3) is 0.312. The molecule has 0 spiro atoms. The predicted octanol–water partition coefficient (Wildman–Crippen LogP) is 5.85. The summed E-state index contributed by atoms with van der Waals surface area (Å²) in [6, 6.07) is 24.9. The first kappa shape index (κ1) is 27.2. The van der Waals surface area contributed by atoms with Crippen LogP contribution < -0.4 is 9.80 Å². The van der Waals surface area contributed by atoms with Crippen LogP contribution in [0.3, 0.4) is 0 Å². The van der Waals surface area contributed by atoms with Gasteiger partial charge in [0, 0.05) is 43.4 Å². The molecule has 1 aliphatic carbocycles. The fourth-order valence-corrected chi connectivity index (χ4v) is 5.15. The first-order chi connectivity index (χ1) is 18.4. The molecule has 4 rings (SSSR count). The number of carbonyl (C=O) groups excluding carboxylic acids is 2. The number of anilines is 2. The number of hydrogen-bond donors (Lipinski definition) is 0. The number of amides is 1. The van der Waals surface area contributed by atoms with Crippen LogP contribution in [0.25, 0.3) is 17.2 Å². The summed E-state index contributed by atoms with van der Waals surface area (Å²) in [6.07, 6.45) is 8.39. The second-order valence-corrected chi connectivity index (χ2v) is 10.2. The molecule has 1 atom stereocenters. The van der Waals surface area contributed by atoms with Crippen LogP contribution in [-0.2, 0) is 14.3 Å². The summed E-state index contributed by atoms with van der Waals surface area (Å²) in [5, 5.41) is 0. The Morgan fingerprint density at radius 2 is 1.53 bits per heavy atom. The molecule has 0 saturated heterocycles. The van der Waals surface area contributed by atoms with Gasteiger partial charge in [0.25, 0.3) is 0 Å². The molecule has 1 fully saturated rings. The lowest BCUT2D eigenvalue weighted by molar-refractivity contribution is -0.134. The van der Waals surface area contributed by atoms with E-state index in [2.05, 4.69) is 61.3 Å². The molecular formula is C32H37BN2O3. The average molecular weight is 508 g/mol. The second-order valence-electron chi connectivity index (χ2n) is 10.2. The van der Waals surface area contributed by atoms with Crippen molar-refractivity contribution in [1.29, 1.82) is 0 Å². The van der Waals surface area contributed by atoms with Crippen molar-refractivity contribution in [3.63, 3.8) is 0 Å². The molecule has 1 aliphatic rings. The molecule has 1 unspecified atom stereocenters. The molecular weight excluding hydrogens is 471 g/mol. The molecule has 6 heteroatoms. The van der Waals surface area contributed by atoms with E-state index >= 15 is 0 Å². The minimum absolute atomic E-state index is 0.0370. The Bertz CT molecular complexity index is 1260. The molecule has 0 aromatic heterocycles. The van der Waals surface area contributed by atoms with E-state index in [-0.39, 0.29) is 17.8 Å². The molecule has 1 amide bonds. The van der Waals surface area contributed by atoms with Crippen molar-refractivity contribution in [3.8, 4) is 11.1 Å². The van der Waals surface area contributed by atoms with Crippen molar-refractivity contribution in [2.75, 3.05) is 31.0 Å². The summed E-state index contributed by atoms with van der Waals surface area (Å²) < 4.78 is 4.73. The predicted molar refractivity (Wildman–Crippen MR) is 159 cm³/mol. The Kier molecular flexibility index (Phi) is 9.06. The van der Waals surface area contributed by atoms with Gasteiger partial charge in [-0.2, -0.15) is 0 Å². The second kappa shape index (κ2) is 12.6. The van der Waals surface area contributed by atoms with E-state index in [1.54, 1.807) is 6.08 Å². The van der Waals surface area contributed by atoms with Gasteiger partial charge in [0.15, 0.2) is 0 Å². The summed E-state index contributed by atoms with van der Waals surface area (Å²) in [6.45, 7) is 0. The quantitative estimate of drug-likeness (QED) is 0.218. The number of carbonyl (C=O) groups is 2. The van der Waals surface area contributed by atoms with E-state index in [0.717, 1.165) is 53.6 Å². The highest BCUT2D eigenvalue weighted by Crippen LogP contribution is 2.33. The maximum Gasteiger partial charge on any atom is 0.330 e. The fourth-order valence-electron chi connectivity index (χ4n) is 5.15. The summed E-state index contributed by atoms with van der Waals surface area (Å²) in [5.41, 5.74) is 6.24. The zero-order valence-corrected chi connectivity index (χ0v) is 22.9. The van der Waals surface area contributed by atoms with Crippen LogP contribution in [0.4, 0.5) is 11.4 Å². The standard InChI is InChI=1S/C32H37BN2O3/c1-34(2)28-19-17-25(18-20-28)24-13-15-26(16-14-24)31(33)35(32(37)27-9-5-4-6-10-27)29-11-7-8-23(22-29)12-21-30(36)38-3/h7-8,11-22,27,31H,4-6,9-10,33H2,1-3H3/b21-12+. The van der Waals surface area contributed by atoms with Gasteiger partial charge in [0.1, 0.15) is 7.85 Å². The lowest BCUT2D eigenvalue weighted by Gasteiger charge is -2.34. The van der Waals surface area contributed by atoms with Crippen LogP contribution in [-0.4, -0.2) is 40.9 Å². The first-order valence-corrected chi connectivity index (χ1v) is 13.4. The van der Waals surface area contributed by atoms with Crippen LogP contribution in [0.1, 0.15) is 49.2 Å². The Hall–Kier alpha value is -3.80. The van der Waals surface area contributed by atoms with Gasteiger partial charge in [-0.15, -0.1) is 0 Å². The van der Waals surface area contributed by atoms with Crippen molar-refractivity contribution < 1.29 is 14.3 Å². The monoisotopic (exact) mass is 508 g/mol. The molecule has 0 N–H and O–H groups in total. The normalized spacial score (nSPS) is 14.7. The Labute approximate surface area is 227 Å². The van der Waals surface area contributed by atoms with E-state index in [1.807, 2.05) is 43.3 Å². The number of nitrogens with zero attached hydrogens (tertiary/aromatic N) is 2. The Morgan fingerprint density at radius 3 is 2.13 bits per heavy atom. The van der Waals surface area contributed by atoms with Crippen molar-refractivity contribution >= 4 is 37.2 Å². The van der Waals surface area contributed by atoms with Gasteiger partial charge in [-0.3, -0.25) is 4.79 Å². The van der Waals surface area contributed by atoms with Crippen molar-refractivity contribution in [2.45, 2.75) is 38.0 Å². The summed E-state index contributed by atoms with van der Waals surface area (Å²) >= 11 is 0. The molecule has 0 aliphatic heterocycles. The van der Waals surface area contributed by atoms with Gasteiger partial charge >= 0.3 is 5.97 Å². The zero-order valence-electron chi connectivity index (χ0n) is 22.9. The third-order valence-electron chi connectivity index (χ3n) is 7.45. The maximum absolute atomic E-state index is 13.9. The molecule has 3 aromatic rings. The number of ether oxygens (including phenoxy) is 1. The molecule has 5 nitrogen and oxygen atoms in total. The number of esters is 1. The van der Waals surface area contributed by atoms with E-state index < -0.39 is 5.97 Å². The minimum atomic E-state index is -0.407. The van der Waals surface area contributed by atoms with Crippen molar-refractivity contribution in [2.24, 2.45) is 5.92 Å². The van der Waals surface area contributed by atoms with Gasteiger partial charge in [0.2, 0.25) is 5.91 Å². The van der Waals surface area contributed by atoms with Crippen LogP contribution in [0.5, 0.6) is 0 Å². The average Bonchev–Trinajstić information content (AvgIpc) is 2.96. The number of hydrogen-bond acceptors (Lipinski definition) is 4. The van der Waals surface area contributed by atoms with Gasteiger partial charge in [-0.1, -0.05) is 67.8 Å². The zero-order chi connectivity index (χ0) is 27.1. The lowest BCUT2D eigenvalue weighted by atomic mass is 9.82. The van der Waals surface area contributed by atoms with E-state index in [0.29, 0.717) is 0 Å².